The standard InChI is InChI=1S/C11H11N/c1-3-9-4-5-10-8(2)7-12-11(10)6-9/h4-6H,3H2,1-2H3. The van der Waals surface area contributed by atoms with Crippen molar-refractivity contribution in [1.82, 2.24) is 0 Å². The van der Waals surface area contributed by atoms with Gasteiger partial charge in [0.1, 0.15) is 0 Å². The molecule has 60 valence electrons. The second-order valence-electron chi connectivity index (χ2n) is 3.05. The van der Waals surface area contributed by atoms with Gasteiger partial charge < -0.3 is 0 Å². The fraction of sp³-hybridized carbons (Fsp3) is 0.273. The van der Waals surface area contributed by atoms with Crippen molar-refractivity contribution in [3.63, 3.8) is 0 Å². The number of rotatable bonds is 1. The highest BCUT2D eigenvalue weighted by Crippen LogP contribution is 2.29. The summed E-state index contributed by atoms with van der Waals surface area (Å²) in [5, 5.41) is 0. The van der Waals surface area contributed by atoms with Crippen LogP contribution in [0, 0.1) is 0 Å². The third-order valence-corrected chi connectivity index (χ3v) is 2.22. The van der Waals surface area contributed by atoms with Gasteiger partial charge in [-0.05, 0) is 30.8 Å². The van der Waals surface area contributed by atoms with E-state index in [-0.39, 0.29) is 0 Å². The van der Waals surface area contributed by atoms with Gasteiger partial charge in [0.15, 0.2) is 0 Å². The fourth-order valence-electron chi connectivity index (χ4n) is 1.41. The van der Waals surface area contributed by atoms with E-state index in [0.717, 1.165) is 17.7 Å². The normalized spacial score (nSPS) is 13.0. The van der Waals surface area contributed by atoms with Gasteiger partial charge in [-0.3, -0.25) is 0 Å². The smallest absolute Gasteiger partial charge is 0.0814 e. The predicted octanol–water partition coefficient (Wildman–Crippen LogP) is 2.97. The summed E-state index contributed by atoms with van der Waals surface area (Å²) in [5.74, 6) is 2.98. The number of aliphatic imine (C=N–C) groups is 1. The molecule has 12 heavy (non-hydrogen) atoms. The number of hydrogen-bond donors (Lipinski definition) is 0. The number of hydrogen-bond acceptors (Lipinski definition) is 1. The molecule has 0 aromatic heterocycles. The predicted molar refractivity (Wildman–Crippen MR) is 52.0 cm³/mol. The number of aryl methyl sites for hydroxylation is 1. The van der Waals surface area contributed by atoms with E-state index in [2.05, 4.69) is 36.0 Å². The second-order valence-corrected chi connectivity index (χ2v) is 3.05. The maximum absolute atomic E-state index is 4.20. The van der Waals surface area contributed by atoms with E-state index in [9.17, 15) is 0 Å². The molecular weight excluding hydrogens is 146 g/mol. The lowest BCUT2D eigenvalue weighted by Gasteiger charge is -2.00. The lowest BCUT2D eigenvalue weighted by Crippen LogP contribution is -1.81. The first kappa shape index (κ1) is 7.33. The highest BCUT2D eigenvalue weighted by Gasteiger charge is 2.07. The molecule has 1 aromatic rings. The topological polar surface area (TPSA) is 12.4 Å². The minimum atomic E-state index is 1.07. The van der Waals surface area contributed by atoms with Crippen LogP contribution in [0.3, 0.4) is 0 Å². The van der Waals surface area contributed by atoms with E-state index in [1.165, 1.54) is 11.1 Å². The number of fused-ring (bicyclic) bond motifs is 1. The van der Waals surface area contributed by atoms with E-state index >= 15 is 0 Å². The molecule has 0 atom stereocenters. The van der Waals surface area contributed by atoms with Gasteiger partial charge in [0, 0.05) is 11.1 Å². The summed E-state index contributed by atoms with van der Waals surface area (Å²) in [4.78, 5) is 4.20. The quantitative estimate of drug-likeness (QED) is 0.594. The Morgan fingerprint density at radius 1 is 1.42 bits per heavy atom. The number of nitrogens with zero attached hydrogens (tertiary/aromatic N) is 1. The molecule has 1 heteroatoms. The van der Waals surface area contributed by atoms with Crippen molar-refractivity contribution in [3.8, 4) is 0 Å². The molecular formula is C11H11N. The molecule has 0 spiro atoms. The molecule has 0 bridgehead atoms. The largest absolute Gasteiger partial charge is 0.205 e. The van der Waals surface area contributed by atoms with Crippen molar-refractivity contribution in [2.45, 2.75) is 20.3 Å². The lowest BCUT2D eigenvalue weighted by atomic mass is 10.0. The molecule has 1 aliphatic heterocycles. The third-order valence-electron chi connectivity index (χ3n) is 2.22. The Bertz CT molecular complexity index is 382. The van der Waals surface area contributed by atoms with Crippen LogP contribution in [0.25, 0.3) is 5.57 Å². The number of benzene rings is 1. The summed E-state index contributed by atoms with van der Waals surface area (Å²) >= 11 is 0. The Morgan fingerprint density at radius 3 is 3.00 bits per heavy atom. The zero-order chi connectivity index (χ0) is 8.55. The van der Waals surface area contributed by atoms with Crippen molar-refractivity contribution >= 4 is 17.1 Å². The van der Waals surface area contributed by atoms with Crippen LogP contribution in [0.15, 0.2) is 23.2 Å². The Morgan fingerprint density at radius 2 is 2.25 bits per heavy atom. The average Bonchev–Trinajstić information content (AvgIpc) is 2.47. The maximum atomic E-state index is 4.20. The highest BCUT2D eigenvalue weighted by atomic mass is 14.7. The molecule has 1 aliphatic rings. The first-order chi connectivity index (χ1) is 5.81. The van der Waals surface area contributed by atoms with Gasteiger partial charge in [0.25, 0.3) is 0 Å². The zero-order valence-electron chi connectivity index (χ0n) is 7.39. The van der Waals surface area contributed by atoms with E-state index in [1.54, 1.807) is 0 Å². The summed E-state index contributed by atoms with van der Waals surface area (Å²) in [5.41, 5.74) is 4.79. The monoisotopic (exact) mass is 157 g/mol. The van der Waals surface area contributed by atoms with Crippen LogP contribution in [0.2, 0.25) is 0 Å². The van der Waals surface area contributed by atoms with E-state index < -0.39 is 0 Å². The first-order valence-electron chi connectivity index (χ1n) is 4.25. The van der Waals surface area contributed by atoms with Gasteiger partial charge in [-0.2, -0.15) is 0 Å². The molecule has 0 amide bonds. The van der Waals surface area contributed by atoms with Crippen LogP contribution in [0.4, 0.5) is 5.69 Å². The molecule has 2 rings (SSSR count). The highest BCUT2D eigenvalue weighted by molar-refractivity contribution is 5.98. The van der Waals surface area contributed by atoms with Crippen LogP contribution in [-0.2, 0) is 6.42 Å². The fourth-order valence-corrected chi connectivity index (χ4v) is 1.41. The van der Waals surface area contributed by atoms with E-state index in [1.807, 2.05) is 6.92 Å². The summed E-state index contributed by atoms with van der Waals surface area (Å²) in [6, 6.07) is 6.43. The van der Waals surface area contributed by atoms with E-state index in [0.29, 0.717) is 0 Å². The van der Waals surface area contributed by atoms with Crippen molar-refractivity contribution < 1.29 is 0 Å². The molecule has 1 heterocycles. The molecule has 1 nitrogen and oxygen atoms in total. The summed E-state index contributed by atoms with van der Waals surface area (Å²) in [6.45, 7) is 4.20. The van der Waals surface area contributed by atoms with Crippen LogP contribution in [0.5, 0.6) is 0 Å². The van der Waals surface area contributed by atoms with Gasteiger partial charge in [-0.25, -0.2) is 4.99 Å². The minimum Gasteiger partial charge on any atom is -0.205 e. The Kier molecular flexibility index (Phi) is 1.60. The van der Waals surface area contributed by atoms with Gasteiger partial charge in [0.2, 0.25) is 0 Å². The lowest BCUT2D eigenvalue weighted by molar-refractivity contribution is 1.14. The van der Waals surface area contributed by atoms with Crippen molar-refractivity contribution in [3.05, 3.63) is 29.3 Å². The molecule has 0 N–H and O–H groups in total. The average molecular weight is 157 g/mol. The minimum absolute atomic E-state index is 1.07. The van der Waals surface area contributed by atoms with Gasteiger partial charge >= 0.3 is 0 Å². The number of allylic oxidation sites excluding steroid dienone is 1. The van der Waals surface area contributed by atoms with Crippen LogP contribution >= 0.6 is 0 Å². The van der Waals surface area contributed by atoms with E-state index in [4.69, 9.17) is 0 Å². The summed E-state index contributed by atoms with van der Waals surface area (Å²) < 4.78 is 0. The van der Waals surface area contributed by atoms with Gasteiger partial charge in [0.05, 0.1) is 5.69 Å². The summed E-state index contributed by atoms with van der Waals surface area (Å²) in [6.07, 6.45) is 1.07. The molecule has 0 fully saturated rings. The van der Waals surface area contributed by atoms with Crippen molar-refractivity contribution in [2.75, 3.05) is 0 Å². The van der Waals surface area contributed by atoms with Crippen LogP contribution < -0.4 is 0 Å². The van der Waals surface area contributed by atoms with Crippen LogP contribution in [-0.4, -0.2) is 5.87 Å². The SMILES string of the molecule is CCc1ccc2c(c1)N=C=C2C. The molecule has 0 unspecified atom stereocenters. The Balaban J connectivity index is 2.53. The second kappa shape index (κ2) is 2.62. The van der Waals surface area contributed by atoms with Crippen molar-refractivity contribution in [1.29, 1.82) is 0 Å². The molecule has 0 aliphatic carbocycles. The third kappa shape index (κ3) is 0.992. The molecule has 0 radical (unpaired) electrons. The van der Waals surface area contributed by atoms with Gasteiger partial charge in [-0.1, -0.05) is 19.1 Å². The summed E-state index contributed by atoms with van der Waals surface area (Å²) in [7, 11) is 0. The van der Waals surface area contributed by atoms with Crippen molar-refractivity contribution in [2.24, 2.45) is 4.99 Å². The zero-order valence-corrected chi connectivity index (χ0v) is 7.39. The van der Waals surface area contributed by atoms with Gasteiger partial charge in [-0.15, -0.1) is 0 Å². The molecule has 1 aromatic carbocycles. The first-order valence-corrected chi connectivity index (χ1v) is 4.25. The maximum Gasteiger partial charge on any atom is 0.0814 e. The Labute approximate surface area is 72.5 Å². The molecule has 0 saturated heterocycles. The van der Waals surface area contributed by atoms with Crippen LogP contribution in [0.1, 0.15) is 25.0 Å². The molecule has 0 saturated carbocycles. The Hall–Kier alpha value is -1.33.